The topological polar surface area (TPSA) is 64.0 Å². The number of benzene rings is 2. The van der Waals surface area contributed by atoms with E-state index in [1.807, 2.05) is 50.2 Å². The molecule has 0 bridgehead atoms. The van der Waals surface area contributed by atoms with Crippen LogP contribution in [-0.4, -0.2) is 20.7 Å². The molecular formula is C27H29N3O2S. The third-order valence-electron chi connectivity index (χ3n) is 7.04. The molecule has 3 aromatic rings. The summed E-state index contributed by atoms with van der Waals surface area (Å²) in [5.41, 5.74) is 4.78. The van der Waals surface area contributed by atoms with Crippen molar-refractivity contribution in [1.29, 1.82) is 0 Å². The van der Waals surface area contributed by atoms with Gasteiger partial charge in [-0.2, -0.15) is 0 Å². The molecule has 1 fully saturated rings. The number of carbonyl (C=O) groups is 1. The van der Waals surface area contributed by atoms with Gasteiger partial charge in [0.05, 0.1) is 16.5 Å². The molecule has 1 amide bonds. The van der Waals surface area contributed by atoms with Crippen molar-refractivity contribution in [2.24, 2.45) is 0 Å². The maximum absolute atomic E-state index is 13.9. The van der Waals surface area contributed by atoms with Crippen molar-refractivity contribution in [3.63, 3.8) is 0 Å². The van der Waals surface area contributed by atoms with Gasteiger partial charge in [-0.25, -0.2) is 4.98 Å². The van der Waals surface area contributed by atoms with Gasteiger partial charge in [-0.05, 0) is 50.8 Å². The second-order valence-electron chi connectivity index (χ2n) is 9.10. The van der Waals surface area contributed by atoms with Gasteiger partial charge in [0, 0.05) is 23.2 Å². The SMILES string of the molecule is CCn1c(SC(C)C(=O)Nc2ccccc2)nc2c(c1=O)C1(CCCC1)Cc1ccccc1-2. The highest BCUT2D eigenvalue weighted by Crippen LogP contribution is 2.50. The fourth-order valence-electron chi connectivity index (χ4n) is 5.39. The zero-order chi connectivity index (χ0) is 23.0. The van der Waals surface area contributed by atoms with E-state index in [4.69, 9.17) is 4.98 Å². The maximum Gasteiger partial charge on any atom is 0.258 e. The molecule has 1 N–H and O–H groups in total. The van der Waals surface area contributed by atoms with Crippen molar-refractivity contribution in [1.82, 2.24) is 9.55 Å². The van der Waals surface area contributed by atoms with E-state index in [1.54, 1.807) is 4.57 Å². The van der Waals surface area contributed by atoms with Crippen LogP contribution < -0.4 is 10.9 Å². The highest BCUT2D eigenvalue weighted by atomic mass is 32.2. The molecule has 1 heterocycles. The number of carbonyl (C=O) groups excluding carboxylic acids is 1. The number of fused-ring (bicyclic) bond motifs is 4. The van der Waals surface area contributed by atoms with Gasteiger partial charge < -0.3 is 5.32 Å². The molecule has 0 aliphatic heterocycles. The highest BCUT2D eigenvalue weighted by Gasteiger charge is 2.44. The highest BCUT2D eigenvalue weighted by molar-refractivity contribution is 8.00. The van der Waals surface area contributed by atoms with Crippen LogP contribution in [0.25, 0.3) is 11.3 Å². The largest absolute Gasteiger partial charge is 0.325 e. The first-order valence-corrected chi connectivity index (χ1v) is 12.7. The Labute approximate surface area is 198 Å². The first-order valence-electron chi connectivity index (χ1n) is 11.8. The van der Waals surface area contributed by atoms with Crippen molar-refractivity contribution in [2.75, 3.05) is 5.32 Å². The summed E-state index contributed by atoms with van der Waals surface area (Å²) in [7, 11) is 0. The first-order chi connectivity index (χ1) is 16.0. The molecule has 1 spiro atoms. The summed E-state index contributed by atoms with van der Waals surface area (Å²) in [6, 6.07) is 17.8. The standard InChI is InChI=1S/C27H29N3O2S/c1-3-30-25(32)22-23(21-14-8-7-11-19(21)17-27(22)15-9-10-16-27)29-26(30)33-18(2)24(31)28-20-12-5-4-6-13-20/h4-8,11-14,18H,3,9-10,15-17H2,1-2H3,(H,28,31). The second-order valence-corrected chi connectivity index (χ2v) is 10.4. The van der Waals surface area contributed by atoms with Crippen LogP contribution >= 0.6 is 11.8 Å². The van der Waals surface area contributed by atoms with Crippen molar-refractivity contribution < 1.29 is 4.79 Å². The maximum atomic E-state index is 13.9. The van der Waals surface area contributed by atoms with Crippen LogP contribution in [-0.2, 0) is 23.2 Å². The van der Waals surface area contributed by atoms with Crippen LogP contribution in [0.5, 0.6) is 0 Å². The monoisotopic (exact) mass is 459 g/mol. The Morgan fingerprint density at radius 1 is 1.12 bits per heavy atom. The molecule has 1 saturated carbocycles. The van der Waals surface area contributed by atoms with Gasteiger partial charge in [0.15, 0.2) is 5.16 Å². The number of nitrogens with one attached hydrogen (secondary N) is 1. The van der Waals surface area contributed by atoms with Crippen LogP contribution in [0, 0.1) is 0 Å². The van der Waals surface area contributed by atoms with Gasteiger partial charge >= 0.3 is 0 Å². The Morgan fingerprint density at radius 3 is 2.55 bits per heavy atom. The molecule has 33 heavy (non-hydrogen) atoms. The van der Waals surface area contributed by atoms with E-state index in [-0.39, 0.29) is 16.9 Å². The normalized spacial score (nSPS) is 16.8. The van der Waals surface area contributed by atoms with Crippen molar-refractivity contribution in [3.8, 4) is 11.3 Å². The van der Waals surface area contributed by atoms with Gasteiger partial charge in [-0.3, -0.25) is 14.2 Å². The van der Waals surface area contributed by atoms with Gasteiger partial charge in [0.2, 0.25) is 5.91 Å². The minimum atomic E-state index is -0.396. The number of anilines is 1. The Hall–Kier alpha value is -2.86. The Kier molecular flexibility index (Phi) is 5.87. The third-order valence-corrected chi connectivity index (χ3v) is 8.13. The molecule has 5 nitrogen and oxygen atoms in total. The van der Waals surface area contributed by atoms with Crippen LogP contribution in [0.4, 0.5) is 5.69 Å². The molecule has 6 heteroatoms. The number of thioether (sulfide) groups is 1. The average molecular weight is 460 g/mol. The van der Waals surface area contributed by atoms with Crippen LogP contribution in [0.15, 0.2) is 64.5 Å². The van der Waals surface area contributed by atoms with Gasteiger partial charge in [0.1, 0.15) is 0 Å². The predicted octanol–water partition coefficient (Wildman–Crippen LogP) is 5.42. The van der Waals surface area contributed by atoms with Crippen molar-refractivity contribution in [3.05, 3.63) is 76.1 Å². The zero-order valence-electron chi connectivity index (χ0n) is 19.1. The smallest absolute Gasteiger partial charge is 0.258 e. The van der Waals surface area contributed by atoms with E-state index in [2.05, 4.69) is 23.5 Å². The number of aromatic nitrogens is 2. The Bertz CT molecular complexity index is 1250. The number of rotatable bonds is 5. The fraction of sp³-hybridized carbons (Fsp3) is 0.370. The quantitative estimate of drug-likeness (QED) is 0.409. The second kappa shape index (κ2) is 8.82. The molecule has 0 saturated heterocycles. The van der Waals surface area contributed by atoms with Crippen LogP contribution in [0.2, 0.25) is 0 Å². The lowest BCUT2D eigenvalue weighted by Crippen LogP contribution is -2.40. The first kappa shape index (κ1) is 22.0. The summed E-state index contributed by atoms with van der Waals surface area (Å²) >= 11 is 1.35. The minimum absolute atomic E-state index is 0.0667. The number of hydrogen-bond donors (Lipinski definition) is 1. The summed E-state index contributed by atoms with van der Waals surface area (Å²) in [6.07, 6.45) is 5.30. The molecule has 1 atom stereocenters. The summed E-state index contributed by atoms with van der Waals surface area (Å²) in [4.78, 5) is 31.8. The van der Waals surface area contributed by atoms with Crippen LogP contribution in [0.1, 0.15) is 50.7 Å². The molecular weight excluding hydrogens is 430 g/mol. The Balaban J connectivity index is 1.56. The predicted molar refractivity (Wildman–Crippen MR) is 134 cm³/mol. The van der Waals surface area contributed by atoms with Gasteiger partial charge in [-0.1, -0.05) is 67.1 Å². The lowest BCUT2D eigenvalue weighted by atomic mass is 9.68. The van der Waals surface area contributed by atoms with E-state index in [9.17, 15) is 9.59 Å². The zero-order valence-corrected chi connectivity index (χ0v) is 20.0. The summed E-state index contributed by atoms with van der Waals surface area (Å²) in [6.45, 7) is 4.37. The van der Waals surface area contributed by atoms with Gasteiger partial charge in [-0.15, -0.1) is 0 Å². The van der Waals surface area contributed by atoms with E-state index in [0.717, 1.165) is 54.6 Å². The van der Waals surface area contributed by atoms with Crippen molar-refractivity contribution in [2.45, 2.75) is 68.3 Å². The number of amides is 1. The molecule has 0 radical (unpaired) electrons. The molecule has 2 aliphatic rings. The number of hydrogen-bond acceptors (Lipinski definition) is 4. The molecule has 170 valence electrons. The molecule has 2 aromatic carbocycles. The molecule has 1 aromatic heterocycles. The molecule has 5 rings (SSSR count). The summed E-state index contributed by atoms with van der Waals surface area (Å²) in [5, 5.41) is 3.17. The Morgan fingerprint density at radius 2 is 1.82 bits per heavy atom. The van der Waals surface area contributed by atoms with E-state index >= 15 is 0 Å². The summed E-state index contributed by atoms with van der Waals surface area (Å²) < 4.78 is 1.77. The summed E-state index contributed by atoms with van der Waals surface area (Å²) in [5.74, 6) is -0.103. The lowest BCUT2D eigenvalue weighted by Gasteiger charge is -2.36. The number of nitrogens with zero attached hydrogens (tertiary/aromatic N) is 2. The fourth-order valence-corrected chi connectivity index (χ4v) is 6.36. The number of para-hydroxylation sites is 1. The van der Waals surface area contributed by atoms with E-state index in [1.165, 1.54) is 17.3 Å². The third kappa shape index (κ3) is 3.90. The molecule has 1 unspecified atom stereocenters. The van der Waals surface area contributed by atoms with Gasteiger partial charge in [0.25, 0.3) is 5.56 Å². The van der Waals surface area contributed by atoms with Crippen LogP contribution in [0.3, 0.4) is 0 Å². The molecule has 2 aliphatic carbocycles. The van der Waals surface area contributed by atoms with Crippen molar-refractivity contribution >= 4 is 23.4 Å². The average Bonchev–Trinajstić information content (AvgIpc) is 3.28. The minimum Gasteiger partial charge on any atom is -0.325 e. The van der Waals surface area contributed by atoms with E-state index < -0.39 is 5.25 Å². The van der Waals surface area contributed by atoms with E-state index in [0.29, 0.717) is 11.7 Å². The lowest BCUT2D eigenvalue weighted by molar-refractivity contribution is -0.115.